The molecule has 4 heteroatoms. The number of aromatic amines is 1. The van der Waals surface area contributed by atoms with Gasteiger partial charge in [0.05, 0.1) is 7.11 Å². The van der Waals surface area contributed by atoms with Gasteiger partial charge in [0.25, 0.3) is 0 Å². The monoisotopic (exact) mass is 267 g/mol. The van der Waals surface area contributed by atoms with Crippen molar-refractivity contribution in [2.24, 2.45) is 0 Å². The molecule has 0 unspecified atom stereocenters. The van der Waals surface area contributed by atoms with Gasteiger partial charge in [0.1, 0.15) is 17.2 Å². The average molecular weight is 267 g/mol. The Balaban J connectivity index is 1.92. The molecule has 0 fully saturated rings. The van der Waals surface area contributed by atoms with E-state index in [-0.39, 0.29) is 5.97 Å². The molecular formula is C16H13NO3. The largest absolute Gasteiger partial charge is 0.464 e. The Labute approximate surface area is 115 Å². The van der Waals surface area contributed by atoms with Gasteiger partial charge >= 0.3 is 5.97 Å². The molecule has 3 aromatic rings. The fraction of sp³-hybridized carbons (Fsp3) is 0.0625. The van der Waals surface area contributed by atoms with Crippen molar-refractivity contribution in [3.63, 3.8) is 0 Å². The molecule has 0 bridgehead atoms. The minimum absolute atomic E-state index is 0.383. The first-order valence-corrected chi connectivity index (χ1v) is 6.20. The molecule has 0 aliphatic heterocycles. The van der Waals surface area contributed by atoms with Gasteiger partial charge in [-0.3, -0.25) is 0 Å². The van der Waals surface area contributed by atoms with Gasteiger partial charge in [-0.2, -0.15) is 0 Å². The van der Waals surface area contributed by atoms with E-state index in [1.165, 1.54) is 7.11 Å². The normalized spacial score (nSPS) is 10.4. The fourth-order valence-corrected chi connectivity index (χ4v) is 2.01. The Morgan fingerprint density at radius 2 is 1.80 bits per heavy atom. The minimum Gasteiger partial charge on any atom is -0.464 e. The number of carbonyl (C=O) groups is 1. The van der Waals surface area contributed by atoms with E-state index in [4.69, 9.17) is 9.47 Å². The summed E-state index contributed by atoms with van der Waals surface area (Å²) in [5.41, 5.74) is 1.26. The van der Waals surface area contributed by atoms with Gasteiger partial charge in [0, 0.05) is 17.0 Å². The summed E-state index contributed by atoms with van der Waals surface area (Å²) in [5, 5.41) is 0.936. The van der Waals surface area contributed by atoms with Gasteiger partial charge in [-0.05, 0) is 30.3 Å². The van der Waals surface area contributed by atoms with E-state index < -0.39 is 0 Å². The summed E-state index contributed by atoms with van der Waals surface area (Å²) in [5.74, 6) is 1.10. The highest BCUT2D eigenvalue weighted by Crippen LogP contribution is 2.25. The molecule has 100 valence electrons. The Hall–Kier alpha value is -2.75. The highest BCUT2D eigenvalue weighted by molar-refractivity contribution is 5.95. The number of benzene rings is 2. The Bertz CT molecular complexity index is 747. The Morgan fingerprint density at radius 1 is 1.00 bits per heavy atom. The smallest absolute Gasteiger partial charge is 0.354 e. The van der Waals surface area contributed by atoms with E-state index >= 15 is 0 Å². The molecule has 0 atom stereocenters. The van der Waals surface area contributed by atoms with Crippen LogP contribution in [0.25, 0.3) is 10.9 Å². The topological polar surface area (TPSA) is 51.3 Å². The molecule has 1 N–H and O–H groups in total. The van der Waals surface area contributed by atoms with E-state index in [1.54, 1.807) is 6.07 Å². The number of methoxy groups -OCH3 is 1. The summed E-state index contributed by atoms with van der Waals surface area (Å²) >= 11 is 0. The summed E-state index contributed by atoms with van der Waals surface area (Å²) in [6.07, 6.45) is 0. The van der Waals surface area contributed by atoms with Gasteiger partial charge < -0.3 is 14.5 Å². The van der Waals surface area contributed by atoms with Crippen molar-refractivity contribution in [1.29, 1.82) is 0 Å². The molecule has 0 radical (unpaired) electrons. The molecule has 0 saturated carbocycles. The van der Waals surface area contributed by atoms with Crippen LogP contribution in [0.5, 0.6) is 11.5 Å². The summed E-state index contributed by atoms with van der Waals surface area (Å²) in [7, 11) is 1.36. The molecule has 0 aliphatic carbocycles. The average Bonchev–Trinajstić information content (AvgIpc) is 2.90. The van der Waals surface area contributed by atoms with E-state index in [0.29, 0.717) is 11.4 Å². The number of esters is 1. The van der Waals surface area contributed by atoms with Crippen LogP contribution in [0.2, 0.25) is 0 Å². The van der Waals surface area contributed by atoms with Crippen LogP contribution >= 0.6 is 0 Å². The number of aromatic nitrogens is 1. The molecule has 1 aromatic heterocycles. The lowest BCUT2D eigenvalue weighted by atomic mass is 10.2. The second-order valence-corrected chi connectivity index (χ2v) is 4.34. The molecule has 2 aromatic carbocycles. The molecule has 3 rings (SSSR count). The van der Waals surface area contributed by atoms with Crippen molar-refractivity contribution in [2.75, 3.05) is 7.11 Å². The molecule has 0 saturated heterocycles. The van der Waals surface area contributed by atoms with Crippen molar-refractivity contribution in [2.45, 2.75) is 0 Å². The first-order chi connectivity index (χ1) is 9.76. The van der Waals surface area contributed by atoms with Crippen molar-refractivity contribution in [3.05, 3.63) is 60.3 Å². The fourth-order valence-electron chi connectivity index (χ4n) is 2.01. The third kappa shape index (κ3) is 2.36. The van der Waals surface area contributed by atoms with Gasteiger partial charge in [0.2, 0.25) is 0 Å². The standard InChI is InChI=1S/C16H13NO3/c1-19-16(18)15-9-11-7-8-13(10-14(11)17-15)20-12-5-3-2-4-6-12/h2-10,17H,1H3. The second-order valence-electron chi connectivity index (χ2n) is 4.34. The van der Waals surface area contributed by atoms with Gasteiger partial charge in [-0.25, -0.2) is 4.79 Å². The summed E-state index contributed by atoms with van der Waals surface area (Å²) < 4.78 is 10.4. The molecule has 0 amide bonds. The number of hydrogen-bond donors (Lipinski definition) is 1. The zero-order valence-corrected chi connectivity index (χ0v) is 10.9. The number of hydrogen-bond acceptors (Lipinski definition) is 3. The van der Waals surface area contributed by atoms with Crippen LogP contribution in [0, 0.1) is 0 Å². The van der Waals surface area contributed by atoms with E-state index in [2.05, 4.69) is 4.98 Å². The van der Waals surface area contributed by atoms with Crippen LogP contribution in [0.3, 0.4) is 0 Å². The SMILES string of the molecule is COC(=O)c1cc2ccc(Oc3ccccc3)cc2[nH]1. The lowest BCUT2D eigenvalue weighted by Crippen LogP contribution is -2.00. The number of ether oxygens (including phenoxy) is 2. The van der Waals surface area contributed by atoms with Crippen LogP contribution in [0.4, 0.5) is 0 Å². The van der Waals surface area contributed by atoms with Crippen molar-refractivity contribution < 1.29 is 14.3 Å². The molecule has 4 nitrogen and oxygen atoms in total. The van der Waals surface area contributed by atoms with Crippen LogP contribution < -0.4 is 4.74 Å². The minimum atomic E-state index is -0.383. The first-order valence-electron chi connectivity index (χ1n) is 6.20. The first kappa shape index (κ1) is 12.3. The highest BCUT2D eigenvalue weighted by atomic mass is 16.5. The van der Waals surface area contributed by atoms with E-state index in [0.717, 1.165) is 16.7 Å². The van der Waals surface area contributed by atoms with Crippen LogP contribution in [0.15, 0.2) is 54.6 Å². The zero-order chi connectivity index (χ0) is 13.9. The molecule has 20 heavy (non-hydrogen) atoms. The van der Waals surface area contributed by atoms with Gasteiger partial charge in [0.15, 0.2) is 0 Å². The maximum Gasteiger partial charge on any atom is 0.354 e. The molecule has 1 heterocycles. The molecular weight excluding hydrogens is 254 g/mol. The lowest BCUT2D eigenvalue weighted by molar-refractivity contribution is 0.0595. The van der Waals surface area contributed by atoms with Crippen LogP contribution in [-0.4, -0.2) is 18.1 Å². The Morgan fingerprint density at radius 3 is 2.55 bits per heavy atom. The Kier molecular flexibility index (Phi) is 3.13. The predicted molar refractivity (Wildman–Crippen MR) is 76.2 cm³/mol. The second kappa shape index (κ2) is 5.09. The van der Waals surface area contributed by atoms with E-state index in [9.17, 15) is 4.79 Å². The third-order valence-corrected chi connectivity index (χ3v) is 2.98. The van der Waals surface area contributed by atoms with Gasteiger partial charge in [-0.1, -0.05) is 18.2 Å². The van der Waals surface area contributed by atoms with Crippen molar-refractivity contribution >= 4 is 16.9 Å². The molecule has 0 aliphatic rings. The number of rotatable bonds is 3. The van der Waals surface area contributed by atoms with E-state index in [1.807, 2.05) is 48.5 Å². The summed E-state index contributed by atoms with van der Waals surface area (Å²) in [4.78, 5) is 14.5. The number of fused-ring (bicyclic) bond motifs is 1. The lowest BCUT2D eigenvalue weighted by Gasteiger charge is -2.04. The van der Waals surface area contributed by atoms with Gasteiger partial charge in [-0.15, -0.1) is 0 Å². The zero-order valence-electron chi connectivity index (χ0n) is 10.9. The maximum atomic E-state index is 11.5. The quantitative estimate of drug-likeness (QED) is 0.735. The number of H-pyrrole nitrogens is 1. The number of nitrogens with one attached hydrogen (secondary N) is 1. The van der Waals surface area contributed by atoms with Crippen LogP contribution in [-0.2, 0) is 4.74 Å². The molecule has 0 spiro atoms. The van der Waals surface area contributed by atoms with Crippen LogP contribution in [0.1, 0.15) is 10.5 Å². The predicted octanol–water partition coefficient (Wildman–Crippen LogP) is 3.75. The number of carbonyl (C=O) groups excluding carboxylic acids is 1. The van der Waals surface area contributed by atoms with Crippen molar-refractivity contribution in [3.8, 4) is 11.5 Å². The maximum absolute atomic E-state index is 11.5. The highest BCUT2D eigenvalue weighted by Gasteiger charge is 2.09. The number of para-hydroxylation sites is 1. The summed E-state index contributed by atoms with van der Waals surface area (Å²) in [6, 6.07) is 16.9. The summed E-state index contributed by atoms with van der Waals surface area (Å²) in [6.45, 7) is 0. The van der Waals surface area contributed by atoms with Crippen molar-refractivity contribution in [1.82, 2.24) is 4.98 Å². The third-order valence-electron chi connectivity index (χ3n) is 2.98.